The van der Waals surface area contributed by atoms with E-state index in [1.165, 1.54) is 56.9 Å². The normalized spacial score (nSPS) is 31.6. The summed E-state index contributed by atoms with van der Waals surface area (Å²) in [6, 6.07) is 8.51. The van der Waals surface area contributed by atoms with E-state index in [9.17, 15) is 4.79 Å². The second-order valence-electron chi connectivity index (χ2n) is 7.93. The van der Waals surface area contributed by atoms with Gasteiger partial charge in [0, 0.05) is 12.6 Å². The van der Waals surface area contributed by atoms with Gasteiger partial charge in [0.2, 0.25) is 5.91 Å². The maximum Gasteiger partial charge on any atom is 0.221 e. The summed E-state index contributed by atoms with van der Waals surface area (Å²) in [5.41, 5.74) is 2.36. The van der Waals surface area contributed by atoms with Gasteiger partial charge in [-0.2, -0.15) is 0 Å². The van der Waals surface area contributed by atoms with E-state index in [0.717, 1.165) is 29.4 Å². The predicted molar refractivity (Wildman–Crippen MR) is 96.6 cm³/mol. The molecule has 0 radical (unpaired) electrons. The highest BCUT2D eigenvalue weighted by atomic mass is 16.1. The lowest BCUT2D eigenvalue weighted by atomic mass is 9.68. The lowest BCUT2D eigenvalue weighted by molar-refractivity contribution is -0.114. The first-order chi connectivity index (χ1) is 11.1. The highest BCUT2D eigenvalue weighted by Crippen LogP contribution is 2.43. The summed E-state index contributed by atoms with van der Waals surface area (Å²) < 4.78 is 0. The van der Waals surface area contributed by atoms with Crippen molar-refractivity contribution in [3.63, 3.8) is 0 Å². The third-order valence-electron chi connectivity index (χ3n) is 6.20. The number of hydrogen-bond acceptors (Lipinski definition) is 1. The molecule has 1 aromatic rings. The molecule has 0 saturated heterocycles. The van der Waals surface area contributed by atoms with Gasteiger partial charge in [0.05, 0.1) is 0 Å². The molecule has 2 saturated carbocycles. The first-order valence-corrected chi connectivity index (χ1v) is 9.49. The summed E-state index contributed by atoms with van der Waals surface area (Å²) in [6.07, 6.45) is 11.4. The molecule has 0 heterocycles. The number of anilines is 1. The first-order valence-electron chi connectivity index (χ1n) is 9.49. The van der Waals surface area contributed by atoms with E-state index in [1.807, 2.05) is 12.1 Å². The Hall–Kier alpha value is -1.31. The Kier molecular flexibility index (Phi) is 5.40. The minimum absolute atomic E-state index is 0.0000542. The van der Waals surface area contributed by atoms with Gasteiger partial charge in [-0.3, -0.25) is 4.79 Å². The first kappa shape index (κ1) is 16.5. The van der Waals surface area contributed by atoms with Crippen LogP contribution in [0.5, 0.6) is 0 Å². The summed E-state index contributed by atoms with van der Waals surface area (Å²) in [7, 11) is 0. The van der Waals surface area contributed by atoms with Crippen LogP contribution in [0.3, 0.4) is 0 Å². The van der Waals surface area contributed by atoms with E-state index in [0.29, 0.717) is 0 Å². The van der Waals surface area contributed by atoms with Gasteiger partial charge in [0.15, 0.2) is 0 Å². The van der Waals surface area contributed by atoms with Crippen molar-refractivity contribution < 1.29 is 4.79 Å². The number of benzene rings is 1. The third-order valence-corrected chi connectivity index (χ3v) is 6.20. The number of nitrogens with one attached hydrogen (secondary N) is 1. The molecule has 2 nitrogen and oxygen atoms in total. The highest BCUT2D eigenvalue weighted by molar-refractivity contribution is 5.88. The second kappa shape index (κ2) is 7.51. The molecule has 126 valence electrons. The Bertz CT molecular complexity index is 505. The van der Waals surface area contributed by atoms with Crippen molar-refractivity contribution in [2.24, 2.45) is 17.8 Å². The van der Waals surface area contributed by atoms with Crippen LogP contribution in [0, 0.1) is 17.8 Å². The van der Waals surface area contributed by atoms with Crippen LogP contribution >= 0.6 is 0 Å². The molecule has 1 N–H and O–H groups in total. The summed E-state index contributed by atoms with van der Waals surface area (Å²) in [6.45, 7) is 3.97. The Morgan fingerprint density at radius 1 is 0.870 bits per heavy atom. The fourth-order valence-corrected chi connectivity index (χ4v) is 4.72. The summed E-state index contributed by atoms with van der Waals surface area (Å²) in [4.78, 5) is 11.1. The molecule has 0 aliphatic heterocycles. The molecule has 23 heavy (non-hydrogen) atoms. The maximum atomic E-state index is 11.1. The Labute approximate surface area is 141 Å². The molecule has 3 rings (SSSR count). The van der Waals surface area contributed by atoms with Gasteiger partial charge in [-0.1, -0.05) is 31.9 Å². The molecule has 0 bridgehead atoms. The average Bonchev–Trinajstić information content (AvgIpc) is 2.56. The van der Waals surface area contributed by atoms with E-state index >= 15 is 0 Å². The Morgan fingerprint density at radius 3 is 1.91 bits per heavy atom. The van der Waals surface area contributed by atoms with Crippen molar-refractivity contribution in [3.05, 3.63) is 29.8 Å². The number of hydrogen-bond donors (Lipinski definition) is 1. The molecule has 0 atom stereocenters. The Balaban J connectivity index is 1.51. The topological polar surface area (TPSA) is 29.1 Å². The highest BCUT2D eigenvalue weighted by Gasteiger charge is 2.30. The molecule has 0 aromatic heterocycles. The summed E-state index contributed by atoms with van der Waals surface area (Å²) >= 11 is 0. The van der Waals surface area contributed by atoms with Crippen LogP contribution in [-0.2, 0) is 4.79 Å². The van der Waals surface area contributed by atoms with E-state index in [2.05, 4.69) is 24.4 Å². The van der Waals surface area contributed by atoms with Gasteiger partial charge in [-0.25, -0.2) is 0 Å². The fraction of sp³-hybridized carbons (Fsp3) is 0.667. The lowest BCUT2D eigenvalue weighted by Crippen LogP contribution is -2.24. The van der Waals surface area contributed by atoms with Gasteiger partial charge >= 0.3 is 0 Å². The molecule has 2 fully saturated rings. The molecule has 2 aliphatic rings. The van der Waals surface area contributed by atoms with Crippen LogP contribution in [0.15, 0.2) is 24.3 Å². The average molecular weight is 313 g/mol. The predicted octanol–water partition coefficient (Wildman–Crippen LogP) is 5.75. The van der Waals surface area contributed by atoms with Gasteiger partial charge in [0.1, 0.15) is 0 Å². The van der Waals surface area contributed by atoms with E-state index in [4.69, 9.17) is 0 Å². The molecular formula is C21H31NO. The van der Waals surface area contributed by atoms with Crippen LogP contribution in [0.25, 0.3) is 0 Å². The van der Waals surface area contributed by atoms with Gasteiger partial charge in [0.25, 0.3) is 0 Å². The Morgan fingerprint density at radius 2 is 1.39 bits per heavy atom. The van der Waals surface area contributed by atoms with Crippen molar-refractivity contribution in [2.45, 2.75) is 71.1 Å². The zero-order valence-corrected chi connectivity index (χ0v) is 14.7. The second-order valence-corrected chi connectivity index (χ2v) is 7.93. The summed E-state index contributed by atoms with van der Waals surface area (Å²) in [5.74, 6) is 3.68. The van der Waals surface area contributed by atoms with Crippen molar-refractivity contribution in [1.82, 2.24) is 0 Å². The standard InChI is InChI=1S/C21H31NO/c1-15-3-5-17(6-4-15)18-7-9-19(10-8-18)20-11-13-21(14-12-20)22-16(2)23/h11-15,17-19H,3-10H2,1-2H3,(H,22,23). The number of carbonyl (C=O) groups excluding carboxylic acids is 1. The van der Waals surface area contributed by atoms with Crippen LogP contribution in [0.1, 0.15) is 76.7 Å². The minimum Gasteiger partial charge on any atom is -0.326 e. The molecule has 0 spiro atoms. The van der Waals surface area contributed by atoms with Crippen molar-refractivity contribution in [3.8, 4) is 0 Å². The van der Waals surface area contributed by atoms with Crippen LogP contribution < -0.4 is 5.32 Å². The molecule has 2 heteroatoms. The van der Waals surface area contributed by atoms with Crippen LogP contribution in [0.2, 0.25) is 0 Å². The number of rotatable bonds is 3. The number of carbonyl (C=O) groups is 1. The third kappa shape index (κ3) is 4.37. The minimum atomic E-state index is 0.0000542. The lowest BCUT2D eigenvalue weighted by Gasteiger charge is -2.37. The molecule has 2 aliphatic carbocycles. The monoisotopic (exact) mass is 313 g/mol. The van der Waals surface area contributed by atoms with Gasteiger partial charge in [-0.05, 0) is 79.9 Å². The zero-order valence-electron chi connectivity index (χ0n) is 14.7. The molecule has 1 amide bonds. The largest absolute Gasteiger partial charge is 0.326 e. The van der Waals surface area contributed by atoms with Gasteiger partial charge < -0.3 is 5.32 Å². The van der Waals surface area contributed by atoms with E-state index in [1.54, 1.807) is 6.92 Å². The fourth-order valence-electron chi connectivity index (χ4n) is 4.72. The molecule has 0 unspecified atom stereocenters. The SMILES string of the molecule is CC(=O)Nc1ccc(C2CCC(C3CCC(C)CC3)CC2)cc1. The number of amides is 1. The van der Waals surface area contributed by atoms with Crippen LogP contribution in [-0.4, -0.2) is 5.91 Å². The van der Waals surface area contributed by atoms with Crippen LogP contribution in [0.4, 0.5) is 5.69 Å². The maximum absolute atomic E-state index is 11.1. The quantitative estimate of drug-likeness (QED) is 0.757. The van der Waals surface area contributed by atoms with Crippen molar-refractivity contribution in [2.75, 3.05) is 5.32 Å². The van der Waals surface area contributed by atoms with Crippen molar-refractivity contribution in [1.29, 1.82) is 0 Å². The molecular weight excluding hydrogens is 282 g/mol. The van der Waals surface area contributed by atoms with E-state index in [-0.39, 0.29) is 5.91 Å². The summed E-state index contributed by atoms with van der Waals surface area (Å²) in [5, 5.41) is 2.85. The smallest absolute Gasteiger partial charge is 0.221 e. The van der Waals surface area contributed by atoms with E-state index < -0.39 is 0 Å². The molecule has 1 aromatic carbocycles. The van der Waals surface area contributed by atoms with Gasteiger partial charge in [-0.15, -0.1) is 0 Å². The van der Waals surface area contributed by atoms with Crippen molar-refractivity contribution >= 4 is 11.6 Å². The zero-order chi connectivity index (χ0) is 16.2.